The van der Waals surface area contributed by atoms with Gasteiger partial charge >= 0.3 is 18.1 Å². The number of fused-ring (bicyclic) bond motifs is 1. The standard InChI is InChI=1S/C35H45F5O4S/c1-5-44-32(41)25(14-12-22-34(36,37)35(38,39)40)13-10-8-6-7-9-11-15-30-29-21-20-28(43-4)23-31(29)45-24-33(30,2)26-16-18-27(42-3)19-17-26/h9,11,16-21,23,25,30H,5-8,10,12-15,22,24H2,1-4H3/t25?,30-,33-/m0/s1. The Bertz CT molecular complexity index is 1250. The van der Waals surface area contributed by atoms with Gasteiger partial charge in [0.1, 0.15) is 11.5 Å². The molecule has 0 bridgehead atoms. The smallest absolute Gasteiger partial charge is 0.453 e. The summed E-state index contributed by atoms with van der Waals surface area (Å²) in [5.41, 5.74) is 2.46. The second kappa shape index (κ2) is 16.7. The molecule has 0 radical (unpaired) electrons. The van der Waals surface area contributed by atoms with Crippen molar-refractivity contribution in [2.24, 2.45) is 5.92 Å². The van der Waals surface area contributed by atoms with Crippen molar-refractivity contribution in [3.05, 3.63) is 65.7 Å². The summed E-state index contributed by atoms with van der Waals surface area (Å²) in [6, 6.07) is 14.6. The van der Waals surface area contributed by atoms with Crippen LogP contribution in [-0.2, 0) is 14.9 Å². The second-order valence-corrected chi connectivity index (χ2v) is 12.8. The summed E-state index contributed by atoms with van der Waals surface area (Å²) in [4.78, 5) is 13.5. The van der Waals surface area contributed by atoms with Crippen molar-refractivity contribution >= 4 is 17.7 Å². The largest absolute Gasteiger partial charge is 0.497 e. The van der Waals surface area contributed by atoms with Crippen molar-refractivity contribution in [2.45, 2.75) is 100.0 Å². The molecule has 3 atom stereocenters. The van der Waals surface area contributed by atoms with Crippen LogP contribution in [0.25, 0.3) is 0 Å². The first-order valence-electron chi connectivity index (χ1n) is 15.6. The third kappa shape index (κ3) is 9.87. The van der Waals surface area contributed by atoms with Crippen LogP contribution in [0.3, 0.4) is 0 Å². The van der Waals surface area contributed by atoms with Gasteiger partial charge in [-0.05, 0) is 86.8 Å². The summed E-state index contributed by atoms with van der Waals surface area (Å²) in [6.45, 7) is 4.09. The number of esters is 1. The number of allylic oxidation sites excluding steroid dienone is 2. The van der Waals surface area contributed by atoms with E-state index in [1.54, 1.807) is 21.1 Å². The molecule has 0 spiro atoms. The first kappa shape index (κ1) is 36.7. The lowest BCUT2D eigenvalue weighted by Gasteiger charge is -2.42. The van der Waals surface area contributed by atoms with Crippen molar-refractivity contribution in [1.82, 2.24) is 0 Å². The Kier molecular flexibility index (Phi) is 13.6. The number of benzene rings is 2. The lowest BCUT2D eigenvalue weighted by Crippen LogP contribution is -2.36. The summed E-state index contributed by atoms with van der Waals surface area (Å²) in [5, 5.41) is 0. The molecule has 45 heavy (non-hydrogen) atoms. The first-order chi connectivity index (χ1) is 21.4. The minimum absolute atomic E-state index is 0.0512. The zero-order chi connectivity index (χ0) is 33.1. The van der Waals surface area contributed by atoms with E-state index in [0.717, 1.165) is 42.9 Å². The molecule has 4 nitrogen and oxygen atoms in total. The van der Waals surface area contributed by atoms with Gasteiger partial charge in [0.25, 0.3) is 0 Å². The molecule has 0 aromatic heterocycles. The van der Waals surface area contributed by atoms with Crippen LogP contribution in [0.4, 0.5) is 22.0 Å². The van der Waals surface area contributed by atoms with E-state index in [2.05, 4.69) is 43.3 Å². The van der Waals surface area contributed by atoms with Crippen LogP contribution in [0.15, 0.2) is 59.5 Å². The fraction of sp³-hybridized carbons (Fsp3) is 0.571. The van der Waals surface area contributed by atoms with Gasteiger partial charge in [-0.15, -0.1) is 11.8 Å². The average Bonchev–Trinajstić information content (AvgIpc) is 3.01. The molecular formula is C35H45F5O4S. The fourth-order valence-electron chi connectivity index (χ4n) is 5.90. The third-order valence-corrected chi connectivity index (χ3v) is 10.1. The second-order valence-electron chi connectivity index (χ2n) is 11.8. The molecule has 0 N–H and O–H groups in total. The van der Waals surface area contributed by atoms with Crippen molar-refractivity contribution in [3.8, 4) is 11.5 Å². The number of hydrogen-bond acceptors (Lipinski definition) is 5. The lowest BCUT2D eigenvalue weighted by molar-refractivity contribution is -0.284. The van der Waals surface area contributed by atoms with E-state index >= 15 is 0 Å². The van der Waals surface area contributed by atoms with Crippen molar-refractivity contribution in [2.75, 3.05) is 26.6 Å². The molecule has 0 fully saturated rings. The van der Waals surface area contributed by atoms with Crippen molar-refractivity contribution < 1.29 is 41.0 Å². The average molecular weight is 657 g/mol. The Morgan fingerprint density at radius 2 is 1.62 bits per heavy atom. The van der Waals surface area contributed by atoms with Gasteiger partial charge in [-0.2, -0.15) is 22.0 Å². The van der Waals surface area contributed by atoms with Gasteiger partial charge < -0.3 is 14.2 Å². The molecule has 3 rings (SSSR count). The maximum atomic E-state index is 13.3. The molecule has 0 saturated heterocycles. The number of alkyl halides is 5. The Morgan fingerprint density at radius 1 is 0.956 bits per heavy atom. The van der Waals surface area contributed by atoms with Crippen LogP contribution < -0.4 is 9.47 Å². The number of halogens is 5. The number of carbonyl (C=O) groups excluding carboxylic acids is 1. The highest BCUT2D eigenvalue weighted by atomic mass is 32.2. The van der Waals surface area contributed by atoms with Crippen molar-refractivity contribution in [3.63, 3.8) is 0 Å². The molecule has 0 amide bonds. The first-order valence-corrected chi connectivity index (χ1v) is 16.6. The van der Waals surface area contributed by atoms with E-state index < -0.39 is 36.8 Å². The number of methoxy groups -OCH3 is 2. The van der Waals surface area contributed by atoms with E-state index in [1.807, 2.05) is 30.0 Å². The number of unbranched alkanes of at least 4 members (excludes halogenated alkanes) is 3. The SMILES string of the molecule is CCOC(=O)C(CCCCCC=CC[C@H]1c2ccc(OC)cc2SC[C@@]1(C)c1ccc(OC)cc1)CCCC(F)(F)C(F)(F)F. The highest BCUT2D eigenvalue weighted by Crippen LogP contribution is 2.52. The molecule has 0 saturated carbocycles. The Labute approximate surface area is 268 Å². The van der Waals surface area contributed by atoms with Crippen LogP contribution in [0.5, 0.6) is 11.5 Å². The van der Waals surface area contributed by atoms with Crippen LogP contribution >= 0.6 is 11.8 Å². The Balaban J connectivity index is 1.56. The number of hydrogen-bond donors (Lipinski definition) is 0. The summed E-state index contributed by atoms with van der Waals surface area (Å²) < 4.78 is 80.0. The molecule has 2 aromatic rings. The van der Waals surface area contributed by atoms with Gasteiger partial charge in [-0.3, -0.25) is 4.79 Å². The molecule has 1 heterocycles. The highest BCUT2D eigenvalue weighted by Gasteiger charge is 2.56. The summed E-state index contributed by atoms with van der Waals surface area (Å²) in [7, 11) is 3.34. The zero-order valence-electron chi connectivity index (χ0n) is 26.6. The van der Waals surface area contributed by atoms with E-state index in [1.165, 1.54) is 16.0 Å². The maximum Gasteiger partial charge on any atom is 0.453 e. The molecule has 10 heteroatoms. The van der Waals surface area contributed by atoms with E-state index in [-0.39, 0.29) is 24.4 Å². The molecule has 250 valence electrons. The maximum absolute atomic E-state index is 13.3. The number of carbonyl (C=O) groups is 1. The minimum atomic E-state index is -5.58. The molecule has 0 aliphatic carbocycles. The molecule has 2 aromatic carbocycles. The lowest BCUT2D eigenvalue weighted by atomic mass is 9.68. The van der Waals surface area contributed by atoms with Gasteiger partial charge in [0.15, 0.2) is 0 Å². The quantitative estimate of drug-likeness (QED) is 0.0734. The molecular weight excluding hydrogens is 611 g/mol. The topological polar surface area (TPSA) is 44.8 Å². The summed E-state index contributed by atoms with van der Waals surface area (Å²) in [5.74, 6) is -3.13. The van der Waals surface area contributed by atoms with Gasteiger partial charge in [0.05, 0.1) is 26.7 Å². The van der Waals surface area contributed by atoms with Crippen LogP contribution in [0, 0.1) is 5.92 Å². The normalized spacial score (nSPS) is 19.3. The fourth-order valence-corrected chi connectivity index (χ4v) is 7.30. The van der Waals surface area contributed by atoms with Crippen LogP contribution in [0.1, 0.15) is 88.7 Å². The minimum Gasteiger partial charge on any atom is -0.497 e. The van der Waals surface area contributed by atoms with Gasteiger partial charge in [0, 0.05) is 22.5 Å². The van der Waals surface area contributed by atoms with Crippen LogP contribution in [0.2, 0.25) is 0 Å². The van der Waals surface area contributed by atoms with Gasteiger partial charge in [-0.1, -0.05) is 50.1 Å². The Hall–Kier alpha value is -2.75. The van der Waals surface area contributed by atoms with E-state index in [9.17, 15) is 26.7 Å². The molecule has 1 aliphatic rings. The predicted molar refractivity (Wildman–Crippen MR) is 169 cm³/mol. The highest BCUT2D eigenvalue weighted by molar-refractivity contribution is 7.99. The summed E-state index contributed by atoms with van der Waals surface area (Å²) in [6.07, 6.45) is 1.52. The number of thioether (sulfide) groups is 1. The molecule has 1 aliphatic heterocycles. The predicted octanol–water partition coefficient (Wildman–Crippen LogP) is 10.3. The summed E-state index contributed by atoms with van der Waals surface area (Å²) >= 11 is 1.85. The zero-order valence-corrected chi connectivity index (χ0v) is 27.4. The van der Waals surface area contributed by atoms with Crippen molar-refractivity contribution in [1.29, 1.82) is 0 Å². The van der Waals surface area contributed by atoms with E-state index in [4.69, 9.17) is 14.2 Å². The molecule has 1 unspecified atom stereocenters. The number of rotatable bonds is 17. The Morgan fingerprint density at radius 3 is 2.27 bits per heavy atom. The third-order valence-electron chi connectivity index (χ3n) is 8.68. The van der Waals surface area contributed by atoms with E-state index in [0.29, 0.717) is 12.8 Å². The number of ether oxygens (including phenoxy) is 3. The van der Waals surface area contributed by atoms with Gasteiger partial charge in [-0.25, -0.2) is 0 Å². The van der Waals surface area contributed by atoms with Crippen LogP contribution in [-0.4, -0.2) is 44.6 Å². The van der Waals surface area contributed by atoms with Gasteiger partial charge in [0.2, 0.25) is 0 Å². The monoisotopic (exact) mass is 656 g/mol.